The molecule has 29 heavy (non-hydrogen) atoms. The van der Waals surface area contributed by atoms with Gasteiger partial charge in [0.2, 0.25) is 11.8 Å². The second-order valence-corrected chi connectivity index (χ2v) is 6.87. The number of H-pyrrole nitrogens is 2. The highest BCUT2D eigenvalue weighted by atomic mass is 16.3. The van der Waals surface area contributed by atoms with Gasteiger partial charge in [0.15, 0.2) is 5.65 Å². The fraction of sp³-hybridized carbons (Fsp3) is 0.211. The Labute approximate surface area is 163 Å². The lowest BCUT2D eigenvalue weighted by Gasteiger charge is -2.05. The van der Waals surface area contributed by atoms with Gasteiger partial charge in [0.1, 0.15) is 5.69 Å². The van der Waals surface area contributed by atoms with Crippen LogP contribution in [0, 0.1) is 0 Å². The molecule has 0 saturated heterocycles. The van der Waals surface area contributed by atoms with Crippen LogP contribution in [0.25, 0.3) is 11.7 Å². The second kappa shape index (κ2) is 6.89. The minimum absolute atomic E-state index is 0.242. The molecule has 10 heteroatoms. The Morgan fingerprint density at radius 1 is 1.24 bits per heavy atom. The molecule has 3 aromatic heterocycles. The van der Waals surface area contributed by atoms with Gasteiger partial charge in [-0.3, -0.25) is 4.98 Å². The van der Waals surface area contributed by atoms with E-state index in [4.69, 9.17) is 0 Å². The fourth-order valence-electron chi connectivity index (χ4n) is 2.94. The topological polar surface area (TPSA) is 136 Å². The van der Waals surface area contributed by atoms with E-state index in [-0.39, 0.29) is 17.6 Å². The third kappa shape index (κ3) is 3.59. The predicted molar refractivity (Wildman–Crippen MR) is 105 cm³/mol. The van der Waals surface area contributed by atoms with E-state index in [0.29, 0.717) is 29.0 Å². The smallest absolute Gasteiger partial charge is 0.326 e. The van der Waals surface area contributed by atoms with Crippen molar-refractivity contribution in [1.29, 1.82) is 0 Å². The van der Waals surface area contributed by atoms with Gasteiger partial charge in [-0.1, -0.05) is 30.3 Å². The molecule has 0 aliphatic heterocycles. The molecule has 10 nitrogen and oxygen atoms in total. The molecule has 1 aliphatic carbocycles. The van der Waals surface area contributed by atoms with E-state index in [1.165, 1.54) is 0 Å². The van der Waals surface area contributed by atoms with Gasteiger partial charge >= 0.3 is 5.69 Å². The first-order chi connectivity index (χ1) is 14.2. The van der Waals surface area contributed by atoms with Gasteiger partial charge in [0.25, 0.3) is 5.62 Å². The average molecular weight is 390 g/mol. The van der Waals surface area contributed by atoms with E-state index in [1.54, 1.807) is 16.8 Å². The Morgan fingerprint density at radius 3 is 2.79 bits per heavy atom. The highest BCUT2D eigenvalue weighted by Gasteiger charge is 2.21. The lowest BCUT2D eigenvalue weighted by molar-refractivity contribution is 0.454. The van der Waals surface area contributed by atoms with Gasteiger partial charge in [-0.15, -0.1) is 0 Å². The molecule has 0 spiro atoms. The van der Waals surface area contributed by atoms with Crippen molar-refractivity contribution in [2.75, 3.05) is 5.32 Å². The molecule has 0 atom stereocenters. The third-order valence-corrected chi connectivity index (χ3v) is 4.55. The van der Waals surface area contributed by atoms with Gasteiger partial charge < -0.3 is 15.4 Å². The highest BCUT2D eigenvalue weighted by molar-refractivity contribution is 5.57. The lowest BCUT2D eigenvalue weighted by Crippen LogP contribution is -2.24. The van der Waals surface area contributed by atoms with Crippen LogP contribution in [0.2, 0.25) is 0 Å². The van der Waals surface area contributed by atoms with Gasteiger partial charge in [-0.05, 0) is 24.5 Å². The first-order valence-corrected chi connectivity index (χ1v) is 9.26. The quantitative estimate of drug-likeness (QED) is 0.381. The minimum atomic E-state index is -0.491. The largest absolute Gasteiger partial charge is 0.493 e. The number of aromatic amines is 2. The number of hydrogen-bond donors (Lipinski definition) is 4. The van der Waals surface area contributed by atoms with E-state index in [2.05, 4.69) is 35.3 Å². The van der Waals surface area contributed by atoms with E-state index < -0.39 is 5.69 Å². The van der Waals surface area contributed by atoms with Crippen molar-refractivity contribution in [2.24, 2.45) is 4.99 Å². The van der Waals surface area contributed by atoms with Crippen LogP contribution in [0.3, 0.4) is 0 Å². The molecular formula is C19H18N8O2. The highest BCUT2D eigenvalue weighted by Crippen LogP contribution is 2.22. The molecule has 1 aliphatic rings. The number of imidazole rings is 1. The monoisotopic (exact) mass is 390 g/mol. The van der Waals surface area contributed by atoms with Crippen molar-refractivity contribution in [3.05, 3.63) is 69.1 Å². The first-order valence-electron chi connectivity index (χ1n) is 9.26. The summed E-state index contributed by atoms with van der Waals surface area (Å²) in [6.45, 7) is 0.568. The number of nitrogens with one attached hydrogen (secondary N) is 3. The SMILES string of the molecule is O=c1[nH]c(O)c(/C=c2\cnn3c(=NC4CC4)nc(NCc4ccccc4)nc23)[nH]1. The van der Waals surface area contributed by atoms with Crippen LogP contribution in [0.5, 0.6) is 5.88 Å². The fourth-order valence-corrected chi connectivity index (χ4v) is 2.94. The maximum Gasteiger partial charge on any atom is 0.326 e. The molecule has 3 heterocycles. The number of fused-ring (bicyclic) bond motifs is 1. The average Bonchev–Trinajstić information content (AvgIpc) is 3.36. The Balaban J connectivity index is 1.61. The summed E-state index contributed by atoms with van der Waals surface area (Å²) in [5, 5.41) is 18.0. The minimum Gasteiger partial charge on any atom is -0.493 e. The predicted octanol–water partition coefficient (Wildman–Crippen LogP) is 0.0692. The molecule has 0 unspecified atom stereocenters. The Hall–Kier alpha value is -3.95. The van der Waals surface area contributed by atoms with Crippen molar-refractivity contribution in [3.63, 3.8) is 0 Å². The summed E-state index contributed by atoms with van der Waals surface area (Å²) >= 11 is 0. The van der Waals surface area contributed by atoms with Crippen LogP contribution in [-0.4, -0.2) is 40.7 Å². The van der Waals surface area contributed by atoms with Crippen LogP contribution in [0.4, 0.5) is 5.95 Å². The molecule has 1 saturated carbocycles. The van der Waals surface area contributed by atoms with Crippen LogP contribution < -0.4 is 21.8 Å². The zero-order valence-electron chi connectivity index (χ0n) is 15.3. The Morgan fingerprint density at radius 2 is 2.07 bits per heavy atom. The van der Waals surface area contributed by atoms with Crippen molar-refractivity contribution < 1.29 is 5.11 Å². The van der Waals surface area contributed by atoms with E-state index in [0.717, 1.165) is 18.4 Å². The molecular weight excluding hydrogens is 372 g/mol. The Kier molecular flexibility index (Phi) is 4.08. The van der Waals surface area contributed by atoms with Crippen molar-refractivity contribution in [1.82, 2.24) is 29.5 Å². The molecule has 4 aromatic rings. The number of anilines is 1. The van der Waals surface area contributed by atoms with Gasteiger partial charge in [-0.2, -0.15) is 19.6 Å². The van der Waals surface area contributed by atoms with Crippen molar-refractivity contribution >= 4 is 17.7 Å². The Bertz CT molecular complexity index is 1350. The second-order valence-electron chi connectivity index (χ2n) is 6.87. The maximum absolute atomic E-state index is 11.4. The molecule has 1 aromatic carbocycles. The van der Waals surface area contributed by atoms with Gasteiger partial charge in [0.05, 0.1) is 12.2 Å². The van der Waals surface area contributed by atoms with Crippen LogP contribution in [0.1, 0.15) is 24.1 Å². The number of aromatic hydroxyl groups is 1. The van der Waals surface area contributed by atoms with Gasteiger partial charge in [-0.25, -0.2) is 9.79 Å². The normalized spacial score (nSPS) is 15.3. The summed E-state index contributed by atoms with van der Waals surface area (Å²) in [4.78, 5) is 29.9. The molecule has 5 rings (SSSR count). The molecule has 0 bridgehead atoms. The number of benzene rings is 1. The molecule has 146 valence electrons. The van der Waals surface area contributed by atoms with Crippen LogP contribution >= 0.6 is 0 Å². The van der Waals surface area contributed by atoms with E-state index in [9.17, 15) is 9.90 Å². The van der Waals surface area contributed by atoms with Crippen molar-refractivity contribution in [3.8, 4) is 5.88 Å². The number of hydrogen-bond acceptors (Lipinski definition) is 7. The third-order valence-electron chi connectivity index (χ3n) is 4.55. The van der Waals surface area contributed by atoms with Gasteiger partial charge in [0, 0.05) is 11.8 Å². The number of nitrogens with zero attached hydrogens (tertiary/aromatic N) is 5. The number of rotatable bonds is 5. The van der Waals surface area contributed by atoms with E-state index >= 15 is 0 Å². The van der Waals surface area contributed by atoms with Crippen LogP contribution in [-0.2, 0) is 6.54 Å². The molecule has 4 N–H and O–H groups in total. The number of aromatic nitrogens is 6. The molecule has 0 radical (unpaired) electrons. The molecule has 0 amide bonds. The zero-order valence-corrected chi connectivity index (χ0v) is 15.3. The van der Waals surface area contributed by atoms with E-state index in [1.807, 2.05) is 30.3 Å². The van der Waals surface area contributed by atoms with Crippen molar-refractivity contribution in [2.45, 2.75) is 25.4 Å². The molecule has 1 fully saturated rings. The summed E-state index contributed by atoms with van der Waals surface area (Å²) in [6.07, 6.45) is 5.28. The summed E-state index contributed by atoms with van der Waals surface area (Å²) in [6, 6.07) is 10.2. The summed E-state index contributed by atoms with van der Waals surface area (Å²) < 4.78 is 1.57. The summed E-state index contributed by atoms with van der Waals surface area (Å²) in [5.41, 5.74) is 1.86. The standard InChI is InChI=1S/C19H18N8O2/c28-16-14(23-19(29)25-16)8-12-10-21-27-15(12)24-17(26-18(27)22-13-6-7-13)20-9-11-4-2-1-3-5-11/h1-5,8,10,13,28H,6-7,9H2,(H,20,22,26)(H2,23,25,29)/b12-8+. The zero-order chi connectivity index (χ0) is 19.8. The lowest BCUT2D eigenvalue weighted by atomic mass is 10.2. The summed E-state index contributed by atoms with van der Waals surface area (Å²) in [7, 11) is 0. The summed E-state index contributed by atoms with van der Waals surface area (Å²) in [5.74, 6) is 0.191. The van der Waals surface area contributed by atoms with Crippen LogP contribution in [0.15, 0.2) is 46.3 Å². The first kappa shape index (κ1) is 17.2. The maximum atomic E-state index is 11.4.